The molecule has 32 heavy (non-hydrogen) atoms. The Bertz CT molecular complexity index is 1430. The number of fused-ring (bicyclic) bond motifs is 1. The highest BCUT2D eigenvalue weighted by molar-refractivity contribution is 7.07. The van der Waals surface area contributed by atoms with Crippen molar-refractivity contribution in [3.05, 3.63) is 84.5 Å². The van der Waals surface area contributed by atoms with E-state index in [9.17, 15) is 14.7 Å². The van der Waals surface area contributed by atoms with E-state index in [4.69, 9.17) is 9.47 Å². The van der Waals surface area contributed by atoms with Crippen LogP contribution in [0.4, 0.5) is 0 Å². The lowest BCUT2D eigenvalue weighted by Gasteiger charge is -2.26. The van der Waals surface area contributed by atoms with Crippen molar-refractivity contribution in [3.63, 3.8) is 0 Å². The van der Waals surface area contributed by atoms with Crippen LogP contribution in [0.25, 0.3) is 6.08 Å². The number of methoxy groups -OCH3 is 2. The van der Waals surface area contributed by atoms with Gasteiger partial charge in [-0.15, -0.1) is 0 Å². The molecule has 0 bridgehead atoms. The number of ketones is 1. The summed E-state index contributed by atoms with van der Waals surface area (Å²) >= 11 is 1.24. The van der Waals surface area contributed by atoms with E-state index in [-0.39, 0.29) is 17.1 Å². The Morgan fingerprint density at radius 1 is 1.19 bits per heavy atom. The molecule has 1 N–H and O–H groups in total. The monoisotopic (exact) mass is 450 g/mol. The fourth-order valence-corrected chi connectivity index (χ4v) is 4.92. The molecule has 2 heterocycles. The number of aromatic hydroxyl groups is 1. The SMILES string of the molecule is COc1ccc([C@H]2C(C(C)=O)=C(C)N=c3s/c(=C\c4cccc(O)c4)c(=O)n32)c(OC)c1. The Morgan fingerprint density at radius 2 is 1.97 bits per heavy atom. The highest BCUT2D eigenvalue weighted by Gasteiger charge is 2.32. The third-order valence-electron chi connectivity index (χ3n) is 5.30. The maximum Gasteiger partial charge on any atom is 0.271 e. The van der Waals surface area contributed by atoms with Crippen molar-refractivity contribution in [3.8, 4) is 17.2 Å². The lowest BCUT2D eigenvalue weighted by atomic mass is 9.92. The minimum atomic E-state index is -0.684. The highest BCUT2D eigenvalue weighted by Crippen LogP contribution is 2.37. The van der Waals surface area contributed by atoms with Gasteiger partial charge in [-0.2, -0.15) is 0 Å². The lowest BCUT2D eigenvalue weighted by Crippen LogP contribution is -2.39. The maximum atomic E-state index is 13.5. The van der Waals surface area contributed by atoms with Gasteiger partial charge in [-0.1, -0.05) is 23.5 Å². The zero-order valence-electron chi connectivity index (χ0n) is 18.1. The third-order valence-corrected chi connectivity index (χ3v) is 6.29. The number of aromatic nitrogens is 1. The standard InChI is InChI=1S/C24H22N2O5S/c1-13-21(14(2)27)22(18-9-8-17(30-3)12-19(18)31-4)26-23(29)20(32-24(26)25-13)11-15-6-5-7-16(28)10-15/h5-12,22,28H,1-4H3/b20-11-/t22-/m0/s1. The maximum absolute atomic E-state index is 13.5. The first kappa shape index (κ1) is 21.6. The Morgan fingerprint density at radius 3 is 2.62 bits per heavy atom. The summed E-state index contributed by atoms with van der Waals surface area (Å²) in [4.78, 5) is 31.2. The number of Topliss-reactive ketones (excluding diaryl/α,β-unsaturated/α-hetero) is 1. The van der Waals surface area contributed by atoms with Gasteiger partial charge in [-0.3, -0.25) is 14.2 Å². The van der Waals surface area contributed by atoms with E-state index >= 15 is 0 Å². The first-order chi connectivity index (χ1) is 15.3. The summed E-state index contributed by atoms with van der Waals surface area (Å²) in [6.07, 6.45) is 1.71. The number of thiazole rings is 1. The molecule has 1 aliphatic rings. The molecule has 4 rings (SSSR count). The molecule has 0 radical (unpaired) electrons. The quantitative estimate of drug-likeness (QED) is 0.645. The zero-order valence-corrected chi connectivity index (χ0v) is 18.9. The summed E-state index contributed by atoms with van der Waals surface area (Å²) in [6, 6.07) is 11.3. The molecule has 0 fully saturated rings. The van der Waals surface area contributed by atoms with Crippen LogP contribution in [0, 0.1) is 0 Å². The Labute approximate surface area is 188 Å². The van der Waals surface area contributed by atoms with Crippen LogP contribution in [-0.2, 0) is 4.79 Å². The highest BCUT2D eigenvalue weighted by atomic mass is 32.1. The molecule has 8 heteroatoms. The average molecular weight is 451 g/mol. The number of benzene rings is 2. The topological polar surface area (TPSA) is 90.1 Å². The molecule has 0 amide bonds. The van der Waals surface area contributed by atoms with Crippen molar-refractivity contribution in [2.24, 2.45) is 4.99 Å². The predicted octanol–water partition coefficient (Wildman–Crippen LogP) is 2.55. The van der Waals surface area contributed by atoms with Crippen LogP contribution in [0.15, 0.2) is 63.5 Å². The average Bonchev–Trinajstić information content (AvgIpc) is 3.06. The number of rotatable bonds is 5. The van der Waals surface area contributed by atoms with Crippen LogP contribution in [0.5, 0.6) is 17.2 Å². The Kier molecular flexibility index (Phi) is 5.71. The molecular formula is C24H22N2O5S. The van der Waals surface area contributed by atoms with Gasteiger partial charge in [0.15, 0.2) is 10.6 Å². The molecule has 1 aliphatic heterocycles. The molecule has 1 atom stereocenters. The molecule has 0 saturated heterocycles. The van der Waals surface area contributed by atoms with E-state index in [1.165, 1.54) is 29.9 Å². The number of nitrogens with zero attached hydrogens (tertiary/aromatic N) is 2. The van der Waals surface area contributed by atoms with E-state index in [1.807, 2.05) is 0 Å². The van der Waals surface area contributed by atoms with Crippen molar-refractivity contribution in [1.82, 2.24) is 4.57 Å². The largest absolute Gasteiger partial charge is 0.508 e. The molecule has 0 spiro atoms. The summed E-state index contributed by atoms with van der Waals surface area (Å²) in [5.41, 5.74) is 2.08. The molecule has 0 saturated carbocycles. The molecule has 1 aromatic heterocycles. The molecular weight excluding hydrogens is 428 g/mol. The molecule has 3 aromatic rings. The number of hydrogen-bond acceptors (Lipinski definition) is 7. The number of carbonyl (C=O) groups excluding carboxylic acids is 1. The number of phenolic OH excluding ortho intramolecular Hbond substituents is 1. The second kappa shape index (κ2) is 8.47. The number of hydrogen-bond donors (Lipinski definition) is 1. The normalized spacial score (nSPS) is 15.9. The second-order valence-electron chi connectivity index (χ2n) is 7.34. The third kappa shape index (κ3) is 3.73. The van der Waals surface area contributed by atoms with Gasteiger partial charge in [0.1, 0.15) is 17.2 Å². The number of carbonyl (C=O) groups is 1. The number of phenols is 1. The van der Waals surface area contributed by atoms with Gasteiger partial charge in [-0.05, 0) is 49.8 Å². The van der Waals surface area contributed by atoms with Gasteiger partial charge < -0.3 is 14.6 Å². The molecule has 0 unspecified atom stereocenters. The van der Waals surface area contributed by atoms with E-state index in [2.05, 4.69) is 4.99 Å². The van der Waals surface area contributed by atoms with E-state index in [1.54, 1.807) is 62.6 Å². The van der Waals surface area contributed by atoms with Crippen LogP contribution in [0.2, 0.25) is 0 Å². The van der Waals surface area contributed by atoms with Crippen LogP contribution in [0.1, 0.15) is 31.0 Å². The number of ether oxygens (including phenoxy) is 2. The van der Waals surface area contributed by atoms with Gasteiger partial charge in [0, 0.05) is 22.9 Å². The predicted molar refractivity (Wildman–Crippen MR) is 122 cm³/mol. The van der Waals surface area contributed by atoms with Crippen molar-refractivity contribution < 1.29 is 19.4 Å². The van der Waals surface area contributed by atoms with Crippen LogP contribution >= 0.6 is 11.3 Å². The van der Waals surface area contributed by atoms with Crippen LogP contribution in [-0.4, -0.2) is 29.7 Å². The van der Waals surface area contributed by atoms with Crippen molar-refractivity contribution in [1.29, 1.82) is 0 Å². The summed E-state index contributed by atoms with van der Waals surface area (Å²) in [5, 5.41) is 9.76. The van der Waals surface area contributed by atoms with Gasteiger partial charge >= 0.3 is 0 Å². The van der Waals surface area contributed by atoms with Crippen molar-refractivity contribution in [2.75, 3.05) is 14.2 Å². The second-order valence-corrected chi connectivity index (χ2v) is 8.35. The number of allylic oxidation sites excluding steroid dienone is 2. The molecule has 0 aliphatic carbocycles. The van der Waals surface area contributed by atoms with E-state index in [0.29, 0.717) is 43.2 Å². The Hall–Kier alpha value is -3.65. The van der Waals surface area contributed by atoms with Gasteiger partial charge in [-0.25, -0.2) is 4.99 Å². The minimum absolute atomic E-state index is 0.113. The molecule has 164 valence electrons. The lowest BCUT2D eigenvalue weighted by molar-refractivity contribution is -0.114. The summed E-state index contributed by atoms with van der Waals surface area (Å²) in [6.45, 7) is 3.24. The summed E-state index contributed by atoms with van der Waals surface area (Å²) < 4.78 is 12.9. The van der Waals surface area contributed by atoms with E-state index < -0.39 is 6.04 Å². The van der Waals surface area contributed by atoms with Gasteiger partial charge in [0.05, 0.1) is 24.8 Å². The Balaban J connectivity index is 2.01. The van der Waals surface area contributed by atoms with Crippen LogP contribution in [0.3, 0.4) is 0 Å². The van der Waals surface area contributed by atoms with Crippen molar-refractivity contribution in [2.45, 2.75) is 19.9 Å². The molecule has 7 nitrogen and oxygen atoms in total. The summed E-state index contributed by atoms with van der Waals surface area (Å²) in [7, 11) is 3.10. The smallest absolute Gasteiger partial charge is 0.271 e. The minimum Gasteiger partial charge on any atom is -0.508 e. The van der Waals surface area contributed by atoms with Crippen molar-refractivity contribution >= 4 is 23.2 Å². The first-order valence-corrected chi connectivity index (χ1v) is 10.7. The fraction of sp³-hybridized carbons (Fsp3) is 0.208. The van der Waals surface area contributed by atoms with Crippen LogP contribution < -0.4 is 24.4 Å². The first-order valence-electron chi connectivity index (χ1n) is 9.88. The fourth-order valence-electron chi connectivity index (χ4n) is 3.88. The molecule has 2 aromatic carbocycles. The van der Waals surface area contributed by atoms with Gasteiger partial charge in [0.2, 0.25) is 0 Å². The summed E-state index contributed by atoms with van der Waals surface area (Å²) in [5.74, 6) is 1.05. The van der Waals surface area contributed by atoms with E-state index in [0.717, 1.165) is 0 Å². The van der Waals surface area contributed by atoms with Gasteiger partial charge in [0.25, 0.3) is 5.56 Å². The zero-order chi connectivity index (χ0) is 23.0.